The number of carbonyl (C=O) groups excluding carboxylic acids is 1. The van der Waals surface area contributed by atoms with Crippen LogP contribution in [0.3, 0.4) is 0 Å². The van der Waals surface area contributed by atoms with E-state index in [9.17, 15) is 9.90 Å². The number of esters is 1. The van der Waals surface area contributed by atoms with Gasteiger partial charge in [-0.2, -0.15) is 15.0 Å². The van der Waals surface area contributed by atoms with Crippen LogP contribution in [0.25, 0.3) is 11.2 Å². The van der Waals surface area contributed by atoms with Gasteiger partial charge in [0.1, 0.15) is 11.3 Å². The Morgan fingerprint density at radius 1 is 1.24 bits per heavy atom. The first-order chi connectivity index (χ1) is 14.0. The number of methoxy groups -OCH3 is 2. The van der Waals surface area contributed by atoms with Crippen molar-refractivity contribution in [1.82, 2.24) is 19.5 Å². The molecule has 2 aromatic heterocycles. The number of nitrogens with zero attached hydrogens (tertiary/aromatic N) is 4. The minimum absolute atomic E-state index is 0.112. The molecule has 1 aromatic carbocycles. The topological polar surface area (TPSA) is 135 Å². The molecule has 0 fully saturated rings. The Morgan fingerprint density at radius 2 is 2.03 bits per heavy atom. The molecule has 154 valence electrons. The third kappa shape index (κ3) is 4.15. The van der Waals surface area contributed by atoms with E-state index in [4.69, 9.17) is 19.9 Å². The fraction of sp³-hybridized carbons (Fsp3) is 0.368. The monoisotopic (exact) mass is 401 g/mol. The van der Waals surface area contributed by atoms with Gasteiger partial charge in [-0.15, -0.1) is 0 Å². The highest BCUT2D eigenvalue weighted by molar-refractivity contribution is 5.92. The van der Waals surface area contributed by atoms with Crippen molar-refractivity contribution in [2.75, 3.05) is 26.6 Å². The zero-order valence-electron chi connectivity index (χ0n) is 16.5. The molecule has 0 unspecified atom stereocenters. The van der Waals surface area contributed by atoms with Crippen molar-refractivity contribution in [3.05, 3.63) is 29.3 Å². The summed E-state index contributed by atoms with van der Waals surface area (Å²) in [6, 6.07) is 4.89. The molecule has 0 spiro atoms. The van der Waals surface area contributed by atoms with E-state index in [0.717, 1.165) is 12.8 Å². The standard InChI is InChI=1S/C19H23N5O5/c1-4-5-8-29-18-22-15(20)14-16(23-18)24(19(26)21-14)10-11-6-7-13(27-2)12(9-11)17(25)28-3/h6-7,9H,4-5,8,10H2,1-3H3,(H,21,26)(H2,20,22,23). The highest BCUT2D eigenvalue weighted by Gasteiger charge is 2.19. The van der Waals surface area contributed by atoms with E-state index in [1.807, 2.05) is 6.92 Å². The molecule has 0 amide bonds. The van der Waals surface area contributed by atoms with Crippen molar-refractivity contribution >= 4 is 23.0 Å². The van der Waals surface area contributed by atoms with Gasteiger partial charge in [0.05, 0.1) is 27.4 Å². The predicted molar refractivity (Wildman–Crippen MR) is 105 cm³/mol. The molecule has 29 heavy (non-hydrogen) atoms. The van der Waals surface area contributed by atoms with Gasteiger partial charge < -0.3 is 25.1 Å². The summed E-state index contributed by atoms with van der Waals surface area (Å²) in [6.45, 7) is 2.69. The average molecular weight is 401 g/mol. The summed E-state index contributed by atoms with van der Waals surface area (Å²) in [5, 5.41) is 10.3. The van der Waals surface area contributed by atoms with Crippen LogP contribution in [-0.4, -0.2) is 51.4 Å². The normalized spacial score (nSPS) is 10.9. The lowest BCUT2D eigenvalue weighted by molar-refractivity contribution is 0.0597. The minimum Gasteiger partial charge on any atom is -0.496 e. The molecule has 2 heterocycles. The lowest BCUT2D eigenvalue weighted by atomic mass is 10.1. The molecule has 0 bridgehead atoms. The van der Waals surface area contributed by atoms with Gasteiger partial charge in [0.2, 0.25) is 0 Å². The van der Waals surface area contributed by atoms with Gasteiger partial charge in [-0.05, 0) is 24.1 Å². The van der Waals surface area contributed by atoms with Gasteiger partial charge in [-0.3, -0.25) is 4.57 Å². The smallest absolute Gasteiger partial charge is 0.341 e. The summed E-state index contributed by atoms with van der Waals surface area (Å²) in [5.41, 5.74) is 7.53. The second kappa shape index (κ2) is 8.63. The molecule has 0 saturated carbocycles. The average Bonchev–Trinajstić information content (AvgIpc) is 3.03. The van der Waals surface area contributed by atoms with E-state index in [1.165, 1.54) is 18.8 Å². The number of aromatic nitrogens is 4. The molecular weight excluding hydrogens is 378 g/mol. The van der Waals surface area contributed by atoms with Crippen LogP contribution in [0.1, 0.15) is 35.7 Å². The number of aromatic hydroxyl groups is 1. The van der Waals surface area contributed by atoms with Gasteiger partial charge in [0, 0.05) is 0 Å². The number of carbonyl (C=O) groups is 1. The van der Waals surface area contributed by atoms with Crippen LogP contribution in [0.15, 0.2) is 18.2 Å². The Morgan fingerprint density at radius 3 is 2.72 bits per heavy atom. The number of nitrogens with two attached hydrogens (primary N) is 1. The molecule has 0 saturated heterocycles. The van der Waals surface area contributed by atoms with Crippen LogP contribution < -0.4 is 15.2 Å². The molecule has 10 nitrogen and oxygen atoms in total. The second-order valence-corrected chi connectivity index (χ2v) is 6.29. The first-order valence-corrected chi connectivity index (χ1v) is 9.09. The largest absolute Gasteiger partial charge is 0.496 e. The number of benzene rings is 1. The van der Waals surface area contributed by atoms with E-state index in [2.05, 4.69) is 15.0 Å². The quantitative estimate of drug-likeness (QED) is 0.430. The van der Waals surface area contributed by atoms with Crippen LogP contribution in [0, 0.1) is 0 Å². The summed E-state index contributed by atoms with van der Waals surface area (Å²) >= 11 is 0. The number of anilines is 1. The Bertz CT molecular complexity index is 1030. The number of unbranched alkanes of at least 4 members (excludes halogenated alkanes) is 1. The summed E-state index contributed by atoms with van der Waals surface area (Å²) in [7, 11) is 2.76. The fourth-order valence-corrected chi connectivity index (χ4v) is 2.81. The summed E-state index contributed by atoms with van der Waals surface area (Å²) in [6.07, 6.45) is 1.82. The van der Waals surface area contributed by atoms with E-state index < -0.39 is 5.97 Å². The number of rotatable bonds is 8. The molecule has 0 aliphatic rings. The van der Waals surface area contributed by atoms with Crippen molar-refractivity contribution < 1.29 is 24.1 Å². The lowest BCUT2D eigenvalue weighted by Gasteiger charge is -2.11. The van der Waals surface area contributed by atoms with E-state index in [0.29, 0.717) is 23.6 Å². The molecule has 3 aromatic rings. The Hall–Kier alpha value is -3.56. The van der Waals surface area contributed by atoms with Crippen LogP contribution >= 0.6 is 0 Å². The predicted octanol–water partition coefficient (Wildman–Crippen LogP) is 2.14. The summed E-state index contributed by atoms with van der Waals surface area (Å²) < 4.78 is 17.0. The lowest BCUT2D eigenvalue weighted by Crippen LogP contribution is -2.08. The van der Waals surface area contributed by atoms with Gasteiger partial charge >= 0.3 is 12.0 Å². The third-order valence-electron chi connectivity index (χ3n) is 4.32. The summed E-state index contributed by atoms with van der Waals surface area (Å²) in [4.78, 5) is 24.5. The van der Waals surface area contributed by atoms with Crippen molar-refractivity contribution in [1.29, 1.82) is 0 Å². The van der Waals surface area contributed by atoms with Gasteiger partial charge in [-0.1, -0.05) is 19.4 Å². The molecular formula is C19H23N5O5. The molecule has 0 aliphatic carbocycles. The van der Waals surface area contributed by atoms with Gasteiger partial charge in [-0.25, -0.2) is 4.79 Å². The second-order valence-electron chi connectivity index (χ2n) is 6.29. The molecule has 0 radical (unpaired) electrons. The SMILES string of the molecule is CCCCOc1nc(N)c2nc(O)n(Cc3ccc(OC)c(C(=O)OC)c3)c2n1. The van der Waals surface area contributed by atoms with Crippen LogP contribution in [0.5, 0.6) is 17.8 Å². The molecule has 0 aliphatic heterocycles. The van der Waals surface area contributed by atoms with Crippen molar-refractivity contribution in [3.8, 4) is 17.8 Å². The first kappa shape index (κ1) is 20.2. The number of nitrogen functional groups attached to an aromatic ring is 1. The van der Waals surface area contributed by atoms with E-state index >= 15 is 0 Å². The highest BCUT2D eigenvalue weighted by atomic mass is 16.5. The first-order valence-electron chi connectivity index (χ1n) is 9.09. The van der Waals surface area contributed by atoms with Gasteiger partial charge in [0.25, 0.3) is 6.01 Å². The highest BCUT2D eigenvalue weighted by Crippen LogP contribution is 2.27. The Labute approximate surface area is 167 Å². The van der Waals surface area contributed by atoms with Gasteiger partial charge in [0.15, 0.2) is 17.0 Å². The number of hydrogen-bond donors (Lipinski definition) is 2. The van der Waals surface area contributed by atoms with Crippen LogP contribution in [0.4, 0.5) is 5.82 Å². The molecule has 3 N–H and O–H groups in total. The Balaban J connectivity index is 1.99. The third-order valence-corrected chi connectivity index (χ3v) is 4.32. The zero-order chi connectivity index (χ0) is 21.0. The number of hydrogen-bond acceptors (Lipinski definition) is 9. The molecule has 3 rings (SSSR count). The number of fused-ring (bicyclic) bond motifs is 1. The maximum Gasteiger partial charge on any atom is 0.341 e. The van der Waals surface area contributed by atoms with Crippen molar-refractivity contribution in [3.63, 3.8) is 0 Å². The van der Waals surface area contributed by atoms with E-state index in [-0.39, 0.29) is 35.5 Å². The van der Waals surface area contributed by atoms with Crippen LogP contribution in [-0.2, 0) is 11.3 Å². The Kier molecular flexibility index (Phi) is 6.01. The number of imidazole rings is 1. The molecule has 0 atom stereocenters. The van der Waals surface area contributed by atoms with E-state index in [1.54, 1.807) is 18.2 Å². The minimum atomic E-state index is -0.526. The zero-order valence-corrected chi connectivity index (χ0v) is 16.5. The maximum absolute atomic E-state index is 12.0. The number of ether oxygens (including phenoxy) is 3. The maximum atomic E-state index is 12.0. The summed E-state index contributed by atoms with van der Waals surface area (Å²) in [5.74, 6) is -0.0272. The molecule has 10 heteroatoms. The van der Waals surface area contributed by atoms with Crippen molar-refractivity contribution in [2.24, 2.45) is 0 Å². The fourth-order valence-electron chi connectivity index (χ4n) is 2.81. The van der Waals surface area contributed by atoms with Crippen molar-refractivity contribution in [2.45, 2.75) is 26.3 Å². The van der Waals surface area contributed by atoms with Crippen LogP contribution in [0.2, 0.25) is 0 Å².